The van der Waals surface area contributed by atoms with Crippen LogP contribution in [0.3, 0.4) is 0 Å². The predicted octanol–water partition coefficient (Wildman–Crippen LogP) is 2.74. The molecule has 0 aromatic heterocycles. The smallest absolute Gasteiger partial charge is 0.335 e. The second-order valence-corrected chi connectivity index (χ2v) is 6.07. The van der Waals surface area contributed by atoms with Gasteiger partial charge < -0.3 is 15.1 Å². The van der Waals surface area contributed by atoms with Crippen LogP contribution in [0.1, 0.15) is 53.8 Å². The molecule has 1 aliphatic rings. The van der Waals surface area contributed by atoms with E-state index in [1.165, 1.54) is 12.1 Å². The van der Waals surface area contributed by atoms with E-state index in [-0.39, 0.29) is 28.2 Å². The third kappa shape index (κ3) is 3.35. The van der Waals surface area contributed by atoms with Gasteiger partial charge in [0.25, 0.3) is 5.91 Å². The number of carbonyl (C=O) groups excluding carboxylic acids is 1. The van der Waals surface area contributed by atoms with E-state index < -0.39 is 5.97 Å². The quantitative estimate of drug-likeness (QED) is 0.897. The van der Waals surface area contributed by atoms with Gasteiger partial charge >= 0.3 is 5.97 Å². The highest BCUT2D eigenvalue weighted by Crippen LogP contribution is 2.33. The van der Waals surface area contributed by atoms with Crippen molar-refractivity contribution >= 4 is 11.9 Å². The molecule has 114 valence electrons. The van der Waals surface area contributed by atoms with Crippen molar-refractivity contribution in [3.63, 3.8) is 0 Å². The molecule has 1 aliphatic heterocycles. The van der Waals surface area contributed by atoms with E-state index in [4.69, 9.17) is 5.11 Å². The molecule has 21 heavy (non-hydrogen) atoms. The van der Waals surface area contributed by atoms with Gasteiger partial charge in [-0.15, -0.1) is 0 Å². The van der Waals surface area contributed by atoms with Crippen LogP contribution in [0.25, 0.3) is 0 Å². The minimum Gasteiger partial charge on any atom is -0.508 e. The molecule has 1 saturated heterocycles. The van der Waals surface area contributed by atoms with E-state index in [0.29, 0.717) is 13.1 Å². The Morgan fingerprint density at radius 1 is 1.29 bits per heavy atom. The number of phenolic OH excluding ortho intramolecular Hbond substituents is 1. The van der Waals surface area contributed by atoms with Gasteiger partial charge in [0.05, 0.1) is 5.56 Å². The minimum absolute atomic E-state index is 0.0754. The SMILES string of the molecule is CCC1(C)CCCN(C(=O)c2cc(O)cc(C(=O)O)c2)C1. The summed E-state index contributed by atoms with van der Waals surface area (Å²) < 4.78 is 0. The van der Waals surface area contributed by atoms with Crippen LogP contribution in [0.4, 0.5) is 0 Å². The topological polar surface area (TPSA) is 77.8 Å². The zero-order valence-electron chi connectivity index (χ0n) is 12.4. The second-order valence-electron chi connectivity index (χ2n) is 6.07. The van der Waals surface area contributed by atoms with Crippen LogP contribution >= 0.6 is 0 Å². The van der Waals surface area contributed by atoms with Crippen molar-refractivity contribution < 1.29 is 19.8 Å². The lowest BCUT2D eigenvalue weighted by Gasteiger charge is -2.40. The predicted molar refractivity (Wildman–Crippen MR) is 78.6 cm³/mol. The van der Waals surface area contributed by atoms with Gasteiger partial charge in [-0.05, 0) is 42.9 Å². The number of carboxylic acids is 1. The number of nitrogens with zero attached hydrogens (tertiary/aromatic N) is 1. The molecule has 1 aromatic rings. The molecule has 0 saturated carbocycles. The Balaban J connectivity index is 2.25. The molecule has 2 N–H and O–H groups in total. The number of likely N-dealkylation sites (tertiary alicyclic amines) is 1. The number of aromatic hydroxyl groups is 1. The van der Waals surface area contributed by atoms with Gasteiger partial charge in [0, 0.05) is 18.7 Å². The van der Waals surface area contributed by atoms with Crippen molar-refractivity contribution in [1.82, 2.24) is 4.90 Å². The highest BCUT2D eigenvalue weighted by Gasteiger charge is 2.32. The third-order valence-electron chi connectivity index (χ3n) is 4.33. The highest BCUT2D eigenvalue weighted by atomic mass is 16.4. The Morgan fingerprint density at radius 3 is 2.57 bits per heavy atom. The lowest BCUT2D eigenvalue weighted by atomic mass is 9.79. The summed E-state index contributed by atoms with van der Waals surface area (Å²) in [4.78, 5) is 25.3. The van der Waals surface area contributed by atoms with Gasteiger partial charge in [-0.1, -0.05) is 13.8 Å². The molecule has 5 heteroatoms. The van der Waals surface area contributed by atoms with Crippen LogP contribution in [-0.2, 0) is 0 Å². The number of hydrogen-bond donors (Lipinski definition) is 2. The van der Waals surface area contributed by atoms with Gasteiger partial charge in [-0.3, -0.25) is 4.79 Å². The van der Waals surface area contributed by atoms with Gasteiger partial charge in [0.2, 0.25) is 0 Å². The van der Waals surface area contributed by atoms with Crippen molar-refractivity contribution in [2.45, 2.75) is 33.1 Å². The summed E-state index contributed by atoms with van der Waals surface area (Å²) in [6.45, 7) is 5.62. The molecule has 1 fully saturated rings. The van der Waals surface area contributed by atoms with Crippen molar-refractivity contribution in [3.8, 4) is 5.75 Å². The van der Waals surface area contributed by atoms with Crippen LogP contribution in [0.2, 0.25) is 0 Å². The van der Waals surface area contributed by atoms with E-state index in [2.05, 4.69) is 13.8 Å². The van der Waals surface area contributed by atoms with E-state index >= 15 is 0 Å². The zero-order valence-corrected chi connectivity index (χ0v) is 12.4. The number of aromatic carboxylic acids is 1. The molecular formula is C16H21NO4. The Kier molecular flexibility index (Phi) is 4.21. The van der Waals surface area contributed by atoms with E-state index in [1.807, 2.05) is 0 Å². The molecule has 1 amide bonds. The number of benzene rings is 1. The molecule has 0 bridgehead atoms. The number of carbonyl (C=O) groups is 2. The average Bonchev–Trinajstić information content (AvgIpc) is 2.46. The number of phenols is 1. The first-order chi connectivity index (χ1) is 9.84. The standard InChI is InChI=1S/C16H21NO4/c1-3-16(2)5-4-6-17(10-16)14(19)11-7-12(15(20)21)9-13(18)8-11/h7-9,18H,3-6,10H2,1-2H3,(H,20,21). The largest absolute Gasteiger partial charge is 0.508 e. The highest BCUT2D eigenvalue weighted by molar-refractivity contribution is 5.98. The maximum atomic E-state index is 12.6. The lowest BCUT2D eigenvalue weighted by Crippen LogP contribution is -2.44. The summed E-state index contributed by atoms with van der Waals surface area (Å²) in [5.74, 6) is -1.57. The number of rotatable bonds is 3. The third-order valence-corrected chi connectivity index (χ3v) is 4.33. The molecule has 1 unspecified atom stereocenters. The number of carboxylic acid groups (broad SMARTS) is 1. The normalized spacial score (nSPS) is 22.1. The molecule has 0 aliphatic carbocycles. The van der Waals surface area contributed by atoms with Crippen molar-refractivity contribution in [3.05, 3.63) is 29.3 Å². The van der Waals surface area contributed by atoms with Gasteiger partial charge in [0.1, 0.15) is 5.75 Å². The lowest BCUT2D eigenvalue weighted by molar-refractivity contribution is 0.0542. The van der Waals surface area contributed by atoms with E-state index in [9.17, 15) is 14.7 Å². The maximum absolute atomic E-state index is 12.6. The number of hydrogen-bond acceptors (Lipinski definition) is 3. The molecular weight excluding hydrogens is 270 g/mol. The summed E-state index contributed by atoms with van der Waals surface area (Å²) in [7, 11) is 0. The molecule has 0 radical (unpaired) electrons. The molecule has 1 aromatic carbocycles. The maximum Gasteiger partial charge on any atom is 0.335 e. The summed E-state index contributed by atoms with van der Waals surface area (Å²) in [6.07, 6.45) is 3.03. The van der Waals surface area contributed by atoms with Crippen molar-refractivity contribution in [2.24, 2.45) is 5.41 Å². The summed E-state index contributed by atoms with van der Waals surface area (Å²) in [5, 5.41) is 18.6. The average molecular weight is 291 g/mol. The summed E-state index contributed by atoms with van der Waals surface area (Å²) in [6, 6.07) is 3.79. The van der Waals surface area contributed by atoms with Crippen LogP contribution < -0.4 is 0 Å². The second kappa shape index (κ2) is 5.76. The molecule has 0 spiro atoms. The van der Waals surface area contributed by atoms with E-state index in [1.54, 1.807) is 4.90 Å². The Labute approximate surface area is 124 Å². The Morgan fingerprint density at radius 2 is 1.95 bits per heavy atom. The van der Waals surface area contributed by atoms with Crippen LogP contribution in [0.5, 0.6) is 5.75 Å². The minimum atomic E-state index is -1.16. The fraction of sp³-hybridized carbons (Fsp3) is 0.500. The first-order valence-corrected chi connectivity index (χ1v) is 7.21. The van der Waals surface area contributed by atoms with Crippen LogP contribution in [0.15, 0.2) is 18.2 Å². The van der Waals surface area contributed by atoms with E-state index in [0.717, 1.165) is 25.3 Å². The molecule has 2 rings (SSSR count). The first-order valence-electron chi connectivity index (χ1n) is 7.21. The summed E-state index contributed by atoms with van der Waals surface area (Å²) >= 11 is 0. The fourth-order valence-corrected chi connectivity index (χ4v) is 2.82. The van der Waals surface area contributed by atoms with Gasteiger partial charge in [-0.25, -0.2) is 4.79 Å². The first kappa shape index (κ1) is 15.4. The Bertz CT molecular complexity index is 569. The van der Waals surface area contributed by atoms with Crippen LogP contribution in [-0.4, -0.2) is 40.1 Å². The van der Waals surface area contributed by atoms with Crippen molar-refractivity contribution in [1.29, 1.82) is 0 Å². The number of piperidine rings is 1. The van der Waals surface area contributed by atoms with Crippen molar-refractivity contribution in [2.75, 3.05) is 13.1 Å². The fourth-order valence-electron chi connectivity index (χ4n) is 2.82. The zero-order chi connectivity index (χ0) is 15.6. The summed E-state index contributed by atoms with van der Waals surface area (Å²) in [5.41, 5.74) is 0.266. The monoisotopic (exact) mass is 291 g/mol. The number of amides is 1. The molecule has 5 nitrogen and oxygen atoms in total. The van der Waals surface area contributed by atoms with Crippen LogP contribution in [0, 0.1) is 5.41 Å². The Hall–Kier alpha value is -2.04. The van der Waals surface area contributed by atoms with Gasteiger partial charge in [0.15, 0.2) is 0 Å². The van der Waals surface area contributed by atoms with Gasteiger partial charge in [-0.2, -0.15) is 0 Å². The molecule has 1 heterocycles. The molecule has 1 atom stereocenters.